The van der Waals surface area contributed by atoms with E-state index in [0.717, 1.165) is 87.5 Å². The lowest BCUT2D eigenvalue weighted by Crippen LogP contribution is -2.42. The van der Waals surface area contributed by atoms with Crippen LogP contribution < -0.4 is 20.4 Å². The van der Waals surface area contributed by atoms with E-state index >= 15 is 0 Å². The molecule has 2 aromatic rings. The Morgan fingerprint density at radius 3 is 1.07 bits per heavy atom. The lowest BCUT2D eigenvalue weighted by Gasteiger charge is -2.35. The smallest absolute Gasteiger partial charge is 0.321 e. The molecule has 0 aromatic heterocycles. The maximum Gasteiger partial charge on any atom is 0.321 e. The normalized spacial score (nSPS) is 15.4. The van der Waals surface area contributed by atoms with Crippen LogP contribution in [0.4, 0.5) is 32.3 Å². The van der Waals surface area contributed by atoms with Crippen LogP contribution in [0.1, 0.15) is 142 Å². The van der Waals surface area contributed by atoms with Crippen LogP contribution in [0.5, 0.6) is 0 Å². The van der Waals surface area contributed by atoms with Crippen molar-refractivity contribution in [2.24, 2.45) is 11.8 Å². The average molecular weight is 747 g/mol. The van der Waals surface area contributed by atoms with Crippen LogP contribution in [0.3, 0.4) is 0 Å². The van der Waals surface area contributed by atoms with E-state index in [4.69, 9.17) is 0 Å². The summed E-state index contributed by atoms with van der Waals surface area (Å²) < 4.78 is 0. The van der Waals surface area contributed by atoms with E-state index in [1.165, 1.54) is 89.9 Å². The van der Waals surface area contributed by atoms with Gasteiger partial charge in [0.05, 0.1) is 0 Å². The Morgan fingerprint density at radius 2 is 0.778 bits per heavy atom. The van der Waals surface area contributed by atoms with E-state index in [2.05, 4.69) is 68.3 Å². The summed E-state index contributed by atoms with van der Waals surface area (Å²) >= 11 is 0. The quantitative estimate of drug-likeness (QED) is 0.0940. The molecular formula is C46H78N6O2. The number of carbonyl (C=O) groups is 2. The van der Waals surface area contributed by atoms with Gasteiger partial charge in [0, 0.05) is 77.1 Å². The molecule has 0 unspecified atom stereocenters. The van der Waals surface area contributed by atoms with Crippen LogP contribution in [-0.4, -0.2) is 76.2 Å². The van der Waals surface area contributed by atoms with Gasteiger partial charge >= 0.3 is 12.1 Å². The number of urea groups is 2. The zero-order valence-corrected chi connectivity index (χ0v) is 35.3. The molecule has 2 N–H and O–H groups in total. The monoisotopic (exact) mass is 747 g/mol. The molecule has 0 saturated heterocycles. The van der Waals surface area contributed by atoms with E-state index in [-0.39, 0.29) is 12.1 Å². The highest BCUT2D eigenvalue weighted by Gasteiger charge is 2.27. The first-order valence-electron chi connectivity index (χ1n) is 21.9. The number of benzene rings is 2. The van der Waals surface area contributed by atoms with Gasteiger partial charge in [0.15, 0.2) is 0 Å². The van der Waals surface area contributed by atoms with Crippen molar-refractivity contribution in [3.05, 3.63) is 48.5 Å². The maximum absolute atomic E-state index is 13.7. The third kappa shape index (κ3) is 17.8. The number of amides is 4. The number of carbonyl (C=O) groups excluding carboxylic acids is 2. The summed E-state index contributed by atoms with van der Waals surface area (Å²) in [6.07, 6.45) is 24.5. The first-order chi connectivity index (χ1) is 26.2. The minimum atomic E-state index is 0.0181. The van der Waals surface area contributed by atoms with Crippen molar-refractivity contribution >= 4 is 34.8 Å². The molecule has 304 valence electrons. The number of anilines is 4. The maximum atomic E-state index is 13.7. The fraction of sp³-hybridized carbons (Fsp3) is 0.696. The molecule has 1 saturated carbocycles. The molecule has 0 heterocycles. The molecule has 0 aliphatic heterocycles. The Bertz CT molecular complexity index is 1170. The SMILES string of the molecule is CCCCCCCCCCN(C[C@H]1CC[C@H](CN(CCCCCCCCCC)C(=O)Nc2ccc(N(C)C)cc2)CC1)C(=O)Nc1ccc(N(C)C)cc1. The molecule has 8 heteroatoms. The molecule has 0 atom stereocenters. The Hall–Kier alpha value is -3.42. The first kappa shape index (κ1) is 45.0. The second kappa shape index (κ2) is 26.4. The van der Waals surface area contributed by atoms with Gasteiger partial charge in [-0.05, 0) is 98.9 Å². The minimum absolute atomic E-state index is 0.0181. The van der Waals surface area contributed by atoms with Gasteiger partial charge in [-0.1, -0.05) is 104 Å². The van der Waals surface area contributed by atoms with Gasteiger partial charge in [0.1, 0.15) is 0 Å². The molecule has 1 fully saturated rings. The molecular weight excluding hydrogens is 669 g/mol. The van der Waals surface area contributed by atoms with Crippen LogP contribution in [0, 0.1) is 11.8 Å². The van der Waals surface area contributed by atoms with Gasteiger partial charge in [-0.15, -0.1) is 0 Å². The molecule has 1 aliphatic carbocycles. The zero-order valence-electron chi connectivity index (χ0n) is 35.3. The van der Waals surface area contributed by atoms with Crippen molar-refractivity contribution in [1.29, 1.82) is 0 Å². The summed E-state index contributed by atoms with van der Waals surface area (Å²) in [5, 5.41) is 6.41. The molecule has 0 bridgehead atoms. The molecule has 1 aliphatic rings. The van der Waals surface area contributed by atoms with Crippen LogP contribution in [0.25, 0.3) is 0 Å². The zero-order chi connectivity index (χ0) is 39.0. The summed E-state index contributed by atoms with van der Waals surface area (Å²) in [4.78, 5) is 35.7. The highest BCUT2D eigenvalue weighted by Crippen LogP contribution is 2.31. The van der Waals surface area contributed by atoms with Crippen LogP contribution in [0.2, 0.25) is 0 Å². The Balaban J connectivity index is 1.56. The van der Waals surface area contributed by atoms with Gasteiger partial charge < -0.3 is 30.2 Å². The predicted molar refractivity (Wildman–Crippen MR) is 233 cm³/mol. The molecule has 0 spiro atoms. The molecule has 54 heavy (non-hydrogen) atoms. The number of nitrogens with one attached hydrogen (secondary N) is 2. The second-order valence-electron chi connectivity index (χ2n) is 16.5. The van der Waals surface area contributed by atoms with Crippen molar-refractivity contribution in [2.75, 3.05) is 74.8 Å². The second-order valence-corrected chi connectivity index (χ2v) is 16.5. The molecule has 4 amide bonds. The van der Waals surface area contributed by atoms with E-state index in [0.29, 0.717) is 11.8 Å². The van der Waals surface area contributed by atoms with E-state index in [9.17, 15) is 9.59 Å². The largest absolute Gasteiger partial charge is 0.378 e. The van der Waals surface area contributed by atoms with Gasteiger partial charge in [0.2, 0.25) is 0 Å². The summed E-state index contributed by atoms with van der Waals surface area (Å²) in [7, 11) is 8.12. The fourth-order valence-corrected chi connectivity index (χ4v) is 7.74. The van der Waals surface area contributed by atoms with Crippen molar-refractivity contribution in [2.45, 2.75) is 142 Å². The molecule has 8 nitrogen and oxygen atoms in total. The number of nitrogens with zero attached hydrogens (tertiary/aromatic N) is 4. The van der Waals surface area contributed by atoms with E-state index in [1.54, 1.807) is 0 Å². The Morgan fingerprint density at radius 1 is 0.481 bits per heavy atom. The number of unbranched alkanes of at least 4 members (excludes halogenated alkanes) is 14. The number of hydrogen-bond donors (Lipinski definition) is 2. The van der Waals surface area contributed by atoms with Crippen LogP contribution in [-0.2, 0) is 0 Å². The van der Waals surface area contributed by atoms with E-state index < -0.39 is 0 Å². The number of hydrogen-bond acceptors (Lipinski definition) is 4. The lowest BCUT2D eigenvalue weighted by molar-refractivity contribution is 0.159. The van der Waals surface area contributed by atoms with Crippen molar-refractivity contribution in [3.8, 4) is 0 Å². The molecule has 0 radical (unpaired) electrons. The summed E-state index contributed by atoms with van der Waals surface area (Å²) in [5.41, 5.74) is 3.93. The van der Waals surface area contributed by atoms with Crippen molar-refractivity contribution in [3.63, 3.8) is 0 Å². The van der Waals surface area contributed by atoms with Crippen molar-refractivity contribution in [1.82, 2.24) is 9.80 Å². The summed E-state index contributed by atoms with van der Waals surface area (Å²) in [6.45, 7) is 7.74. The van der Waals surface area contributed by atoms with Gasteiger partial charge in [-0.25, -0.2) is 9.59 Å². The highest BCUT2D eigenvalue weighted by molar-refractivity contribution is 5.90. The lowest BCUT2D eigenvalue weighted by atomic mass is 9.81. The third-order valence-electron chi connectivity index (χ3n) is 11.3. The summed E-state index contributed by atoms with van der Waals surface area (Å²) in [6, 6.07) is 16.3. The van der Waals surface area contributed by atoms with Crippen LogP contribution in [0.15, 0.2) is 48.5 Å². The molecule has 2 aromatic carbocycles. The Kier molecular flexibility index (Phi) is 22.0. The average Bonchev–Trinajstić information content (AvgIpc) is 3.17. The minimum Gasteiger partial charge on any atom is -0.378 e. The topological polar surface area (TPSA) is 71.2 Å². The first-order valence-corrected chi connectivity index (χ1v) is 21.9. The predicted octanol–water partition coefficient (Wildman–Crippen LogP) is 12.3. The summed E-state index contributed by atoms with van der Waals surface area (Å²) in [5.74, 6) is 0.977. The fourth-order valence-electron chi connectivity index (χ4n) is 7.74. The van der Waals surface area contributed by atoms with Gasteiger partial charge in [-0.2, -0.15) is 0 Å². The van der Waals surface area contributed by atoms with Gasteiger partial charge in [-0.3, -0.25) is 0 Å². The Labute approximate surface area is 330 Å². The molecule has 3 rings (SSSR count). The number of rotatable bonds is 26. The standard InChI is InChI=1S/C46H78N6O2/c1-7-9-11-13-15-17-19-21-35-51(45(53)47-41-27-31-43(32-28-41)49(3)4)37-39-23-25-40(26-24-39)38-52(36-22-20-18-16-14-12-10-8-2)46(54)48-42-29-33-44(34-30-42)50(5)6/h27-34,39-40H,7-26,35-38H2,1-6H3,(H,47,53)(H,48,54)/t39-,40-. The van der Waals surface area contributed by atoms with Crippen molar-refractivity contribution < 1.29 is 9.59 Å². The highest BCUT2D eigenvalue weighted by atomic mass is 16.2. The van der Waals surface area contributed by atoms with E-state index in [1.807, 2.05) is 52.5 Å². The van der Waals surface area contributed by atoms with Crippen LogP contribution >= 0.6 is 0 Å². The van der Waals surface area contributed by atoms with Gasteiger partial charge in [0.25, 0.3) is 0 Å². The third-order valence-corrected chi connectivity index (χ3v) is 11.3.